The molecule has 2 nitrogen and oxygen atoms in total. The van der Waals surface area contributed by atoms with Gasteiger partial charge in [0.2, 0.25) is 0 Å². The van der Waals surface area contributed by atoms with Gasteiger partial charge in [-0.15, -0.1) is 0 Å². The average molecular weight is 164 g/mol. The number of rotatable bonds is 0. The molecule has 2 unspecified atom stereocenters. The average Bonchev–Trinajstić information content (AvgIpc) is 2.28. The number of carbonyl (C=O) groups is 2. The highest BCUT2D eigenvalue weighted by Crippen LogP contribution is 2.71. The summed E-state index contributed by atoms with van der Waals surface area (Å²) >= 11 is 0. The molecule has 0 aromatic heterocycles. The van der Waals surface area contributed by atoms with Crippen LogP contribution in [0, 0.1) is 10.8 Å². The fourth-order valence-electron chi connectivity index (χ4n) is 3.67. The Morgan fingerprint density at radius 2 is 1.83 bits per heavy atom. The summed E-state index contributed by atoms with van der Waals surface area (Å²) in [7, 11) is 0. The van der Waals surface area contributed by atoms with Crippen LogP contribution in [0.25, 0.3) is 0 Å². The number of hydrogen-bond acceptors (Lipinski definition) is 2. The van der Waals surface area contributed by atoms with Crippen LogP contribution in [0.3, 0.4) is 0 Å². The van der Waals surface area contributed by atoms with E-state index in [-0.39, 0.29) is 10.8 Å². The summed E-state index contributed by atoms with van der Waals surface area (Å²) in [6, 6.07) is 0. The van der Waals surface area contributed by atoms with Gasteiger partial charge in [-0.1, -0.05) is 0 Å². The van der Waals surface area contributed by atoms with Gasteiger partial charge >= 0.3 is 0 Å². The Labute approximate surface area is 71.3 Å². The zero-order chi connectivity index (χ0) is 8.40. The van der Waals surface area contributed by atoms with Crippen LogP contribution in [-0.2, 0) is 9.59 Å². The minimum absolute atomic E-state index is 0.135. The van der Waals surface area contributed by atoms with Crippen molar-refractivity contribution in [3.8, 4) is 0 Å². The number of hydrogen-bond donors (Lipinski definition) is 0. The molecule has 2 atom stereocenters. The van der Waals surface area contributed by atoms with Crippen LogP contribution < -0.4 is 0 Å². The number of ketones is 2. The molecule has 64 valence electrons. The molecule has 0 amide bonds. The summed E-state index contributed by atoms with van der Waals surface area (Å²) in [6.07, 6.45) is 5.15. The molecule has 0 aromatic rings. The van der Waals surface area contributed by atoms with Crippen LogP contribution in [0.2, 0.25) is 0 Å². The van der Waals surface area contributed by atoms with Crippen molar-refractivity contribution < 1.29 is 9.59 Å². The van der Waals surface area contributed by atoms with E-state index in [2.05, 4.69) is 0 Å². The highest BCUT2D eigenvalue weighted by molar-refractivity contribution is 5.99. The van der Waals surface area contributed by atoms with Crippen LogP contribution in [0.4, 0.5) is 0 Å². The standard InChI is InChI=1S/C10H12O2/c11-7-5-9-2-1-8(12)10(9,6-7)4-3-9/h1-6H2. The smallest absolute Gasteiger partial charge is 0.140 e. The third kappa shape index (κ3) is 0.466. The second kappa shape index (κ2) is 1.66. The normalized spacial score (nSPS) is 50.3. The van der Waals surface area contributed by atoms with Crippen LogP contribution >= 0.6 is 0 Å². The third-order valence-electron chi connectivity index (χ3n) is 4.44. The Morgan fingerprint density at radius 3 is 2.42 bits per heavy atom. The predicted molar refractivity (Wildman–Crippen MR) is 42.6 cm³/mol. The van der Waals surface area contributed by atoms with E-state index in [9.17, 15) is 9.59 Å². The first kappa shape index (κ1) is 6.81. The third-order valence-corrected chi connectivity index (χ3v) is 4.44. The molecular formula is C10H12O2. The van der Waals surface area contributed by atoms with Crippen molar-refractivity contribution in [2.24, 2.45) is 10.8 Å². The summed E-state index contributed by atoms with van der Waals surface area (Å²) in [5.41, 5.74) is 0.0330. The lowest BCUT2D eigenvalue weighted by Crippen LogP contribution is -2.46. The molecule has 0 aromatic carbocycles. The van der Waals surface area contributed by atoms with Crippen LogP contribution in [-0.4, -0.2) is 11.6 Å². The van der Waals surface area contributed by atoms with Gasteiger partial charge in [0, 0.05) is 24.7 Å². The van der Waals surface area contributed by atoms with Crippen molar-refractivity contribution in [3.63, 3.8) is 0 Å². The van der Waals surface area contributed by atoms with E-state index in [1.54, 1.807) is 0 Å². The van der Waals surface area contributed by atoms with Crippen LogP contribution in [0.5, 0.6) is 0 Å². The molecule has 3 fully saturated rings. The zero-order valence-electron chi connectivity index (χ0n) is 7.06. The molecule has 0 aliphatic heterocycles. The van der Waals surface area contributed by atoms with Gasteiger partial charge < -0.3 is 0 Å². The van der Waals surface area contributed by atoms with Gasteiger partial charge in [0.05, 0.1) is 0 Å². The maximum absolute atomic E-state index is 11.6. The van der Waals surface area contributed by atoms with Crippen molar-refractivity contribution in [3.05, 3.63) is 0 Å². The SMILES string of the molecule is O=C1CC23CCC(=O)C2(CC3)C1. The van der Waals surface area contributed by atoms with Gasteiger partial charge in [0.25, 0.3) is 0 Å². The Morgan fingerprint density at radius 1 is 1.00 bits per heavy atom. The molecule has 0 spiro atoms. The summed E-state index contributed by atoms with van der Waals surface area (Å²) in [5.74, 6) is 0.722. The Kier molecular flexibility index (Phi) is 0.940. The zero-order valence-corrected chi connectivity index (χ0v) is 7.06. The van der Waals surface area contributed by atoms with Crippen LogP contribution in [0.1, 0.15) is 38.5 Å². The summed E-state index contributed by atoms with van der Waals surface area (Å²) in [4.78, 5) is 22.9. The van der Waals surface area contributed by atoms with Crippen molar-refractivity contribution >= 4 is 11.6 Å². The maximum atomic E-state index is 11.6. The summed E-state index contributed by atoms with van der Waals surface area (Å²) in [5, 5.41) is 0. The molecule has 3 saturated carbocycles. The largest absolute Gasteiger partial charge is 0.300 e. The van der Waals surface area contributed by atoms with Gasteiger partial charge in [-0.3, -0.25) is 9.59 Å². The number of carbonyl (C=O) groups excluding carboxylic acids is 2. The highest BCUT2D eigenvalue weighted by atomic mass is 16.1. The van der Waals surface area contributed by atoms with Gasteiger partial charge in [0.1, 0.15) is 11.6 Å². The summed E-state index contributed by atoms with van der Waals surface area (Å²) in [6.45, 7) is 0. The molecular weight excluding hydrogens is 152 g/mol. The molecule has 0 N–H and O–H groups in total. The minimum atomic E-state index is -0.135. The van der Waals surface area contributed by atoms with Crippen LogP contribution in [0.15, 0.2) is 0 Å². The minimum Gasteiger partial charge on any atom is -0.300 e. The molecule has 12 heavy (non-hydrogen) atoms. The van der Waals surface area contributed by atoms with Gasteiger partial charge in [-0.2, -0.15) is 0 Å². The van der Waals surface area contributed by atoms with E-state index in [4.69, 9.17) is 0 Å². The van der Waals surface area contributed by atoms with Gasteiger partial charge in [-0.25, -0.2) is 0 Å². The lowest BCUT2D eigenvalue weighted by atomic mass is 9.53. The van der Waals surface area contributed by atoms with E-state index in [0.717, 1.165) is 25.7 Å². The predicted octanol–water partition coefficient (Wildman–Crippen LogP) is 1.48. The lowest BCUT2D eigenvalue weighted by Gasteiger charge is -2.49. The first-order valence-corrected chi connectivity index (χ1v) is 4.74. The summed E-state index contributed by atoms with van der Waals surface area (Å²) < 4.78 is 0. The van der Waals surface area contributed by atoms with E-state index >= 15 is 0 Å². The van der Waals surface area contributed by atoms with Crippen molar-refractivity contribution in [1.29, 1.82) is 0 Å². The monoisotopic (exact) mass is 164 g/mol. The molecule has 2 heteroatoms. The van der Waals surface area contributed by atoms with E-state index in [1.807, 2.05) is 0 Å². The fraction of sp³-hybridized carbons (Fsp3) is 0.800. The Balaban J connectivity index is 2.12. The second-order valence-corrected chi connectivity index (χ2v) is 4.68. The van der Waals surface area contributed by atoms with E-state index in [0.29, 0.717) is 24.4 Å². The molecule has 3 aliphatic carbocycles. The maximum Gasteiger partial charge on any atom is 0.140 e. The lowest BCUT2D eigenvalue weighted by molar-refractivity contribution is -0.137. The van der Waals surface area contributed by atoms with E-state index < -0.39 is 0 Å². The molecule has 0 heterocycles. The van der Waals surface area contributed by atoms with Crippen molar-refractivity contribution in [2.75, 3.05) is 0 Å². The first-order valence-electron chi connectivity index (χ1n) is 4.74. The molecule has 3 rings (SSSR count). The quantitative estimate of drug-likeness (QED) is 0.543. The highest BCUT2D eigenvalue weighted by Gasteiger charge is 2.70. The van der Waals surface area contributed by atoms with Gasteiger partial charge in [-0.05, 0) is 24.7 Å². The van der Waals surface area contributed by atoms with Crippen molar-refractivity contribution in [2.45, 2.75) is 38.5 Å². The molecule has 0 saturated heterocycles. The Bertz CT molecular complexity index is 294. The second-order valence-electron chi connectivity index (χ2n) is 4.68. The fourth-order valence-corrected chi connectivity index (χ4v) is 3.67. The van der Waals surface area contributed by atoms with E-state index in [1.165, 1.54) is 0 Å². The molecule has 3 aliphatic rings. The number of Topliss-reactive ketones (excluding diaryl/α,β-unsaturated/α-hetero) is 2. The topological polar surface area (TPSA) is 34.1 Å². The Hall–Kier alpha value is -0.660. The van der Waals surface area contributed by atoms with Gasteiger partial charge in [0.15, 0.2) is 0 Å². The molecule has 0 radical (unpaired) electrons. The first-order chi connectivity index (χ1) is 5.69. The van der Waals surface area contributed by atoms with Crippen molar-refractivity contribution in [1.82, 2.24) is 0 Å². The molecule has 0 bridgehead atoms.